The van der Waals surface area contributed by atoms with Gasteiger partial charge in [0.25, 0.3) is 5.91 Å². The Morgan fingerprint density at radius 3 is 2.78 bits per heavy atom. The van der Waals surface area contributed by atoms with Crippen LogP contribution in [-0.4, -0.2) is 15.5 Å². The minimum atomic E-state index is -0.151. The third kappa shape index (κ3) is 3.00. The summed E-state index contributed by atoms with van der Waals surface area (Å²) in [5.74, 6) is -0.151. The van der Waals surface area contributed by atoms with Crippen molar-refractivity contribution in [3.05, 3.63) is 45.4 Å². The maximum absolute atomic E-state index is 12.1. The van der Waals surface area contributed by atoms with Gasteiger partial charge in [-0.3, -0.25) is 9.78 Å². The van der Waals surface area contributed by atoms with E-state index in [4.69, 9.17) is 0 Å². The minimum Gasteiger partial charge on any atom is -0.343 e. The largest absolute Gasteiger partial charge is 0.343 e. The van der Waals surface area contributed by atoms with Crippen LogP contribution in [0.2, 0.25) is 0 Å². The van der Waals surface area contributed by atoms with Crippen LogP contribution in [0.25, 0.3) is 0 Å². The van der Waals surface area contributed by atoms with Crippen molar-refractivity contribution in [2.24, 2.45) is 0 Å². The lowest BCUT2D eigenvalue weighted by molar-refractivity contribution is 0.101. The van der Waals surface area contributed by atoms with Gasteiger partial charge < -0.3 is 9.88 Å². The summed E-state index contributed by atoms with van der Waals surface area (Å²) in [4.78, 5) is 16.1. The zero-order valence-electron chi connectivity index (χ0n) is 9.65. The molecule has 1 amide bonds. The fourth-order valence-electron chi connectivity index (χ4n) is 1.60. The molecular weight excluding hydrogens is 362 g/mol. The molecule has 94 valence electrons. The Balaban J connectivity index is 2.21. The van der Waals surface area contributed by atoms with Crippen molar-refractivity contribution in [1.29, 1.82) is 0 Å². The van der Waals surface area contributed by atoms with Gasteiger partial charge >= 0.3 is 0 Å². The first kappa shape index (κ1) is 13.3. The van der Waals surface area contributed by atoms with Gasteiger partial charge in [0.15, 0.2) is 0 Å². The van der Waals surface area contributed by atoms with Crippen molar-refractivity contribution in [3.8, 4) is 0 Å². The normalized spacial score (nSPS) is 10.4. The molecule has 18 heavy (non-hydrogen) atoms. The van der Waals surface area contributed by atoms with Gasteiger partial charge in [0.2, 0.25) is 0 Å². The topological polar surface area (TPSA) is 46.9 Å². The van der Waals surface area contributed by atoms with Gasteiger partial charge in [-0.15, -0.1) is 0 Å². The second-order valence-electron chi connectivity index (χ2n) is 3.68. The number of halogens is 2. The van der Waals surface area contributed by atoms with Crippen LogP contribution in [0, 0.1) is 0 Å². The molecule has 2 aromatic rings. The Labute approximate surface area is 122 Å². The number of hydrogen-bond acceptors (Lipinski definition) is 2. The summed E-state index contributed by atoms with van der Waals surface area (Å²) in [6.45, 7) is 2.73. The smallest absolute Gasteiger partial charge is 0.272 e. The number of nitrogens with zero attached hydrogens (tertiary/aromatic N) is 2. The lowest BCUT2D eigenvalue weighted by Crippen LogP contribution is -2.16. The summed E-state index contributed by atoms with van der Waals surface area (Å²) in [5.41, 5.74) is 1.28. The van der Waals surface area contributed by atoms with Crippen molar-refractivity contribution < 1.29 is 4.79 Å². The maximum Gasteiger partial charge on any atom is 0.272 e. The van der Waals surface area contributed by atoms with E-state index in [2.05, 4.69) is 42.2 Å². The van der Waals surface area contributed by atoms with Crippen LogP contribution in [-0.2, 0) is 6.54 Å². The highest BCUT2D eigenvalue weighted by Gasteiger charge is 2.12. The third-order valence-corrected chi connectivity index (χ3v) is 3.27. The fraction of sp³-hybridized carbons (Fsp3) is 0.167. The summed E-state index contributed by atoms with van der Waals surface area (Å²) in [5, 5.41) is 2.81. The predicted molar refractivity (Wildman–Crippen MR) is 77.7 cm³/mol. The van der Waals surface area contributed by atoms with Gasteiger partial charge in [-0.1, -0.05) is 0 Å². The van der Waals surface area contributed by atoms with Crippen molar-refractivity contribution in [3.63, 3.8) is 0 Å². The molecule has 0 spiro atoms. The van der Waals surface area contributed by atoms with E-state index < -0.39 is 0 Å². The fourth-order valence-corrected chi connectivity index (χ4v) is 2.43. The quantitative estimate of drug-likeness (QED) is 0.893. The molecule has 0 aliphatic carbocycles. The van der Waals surface area contributed by atoms with E-state index in [9.17, 15) is 4.79 Å². The van der Waals surface area contributed by atoms with Crippen molar-refractivity contribution >= 4 is 43.5 Å². The van der Waals surface area contributed by atoms with Crippen LogP contribution in [0.1, 0.15) is 17.4 Å². The summed E-state index contributed by atoms with van der Waals surface area (Å²) in [7, 11) is 0. The van der Waals surface area contributed by atoms with Gasteiger partial charge in [-0.25, -0.2) is 0 Å². The molecule has 4 nitrogen and oxygen atoms in total. The lowest BCUT2D eigenvalue weighted by atomic mass is 10.3. The van der Waals surface area contributed by atoms with Crippen LogP contribution in [0.15, 0.2) is 39.7 Å². The summed E-state index contributed by atoms with van der Waals surface area (Å²) in [6.07, 6.45) is 5.16. The molecule has 2 aromatic heterocycles. The second kappa shape index (κ2) is 5.67. The molecule has 0 bridgehead atoms. The Bertz CT molecular complexity index is 580. The van der Waals surface area contributed by atoms with Crippen molar-refractivity contribution in [2.45, 2.75) is 13.5 Å². The number of anilines is 1. The molecular formula is C12H11Br2N3O. The van der Waals surface area contributed by atoms with E-state index >= 15 is 0 Å². The van der Waals surface area contributed by atoms with E-state index in [1.165, 1.54) is 0 Å². The molecule has 2 heterocycles. The molecule has 0 fully saturated rings. The summed E-state index contributed by atoms with van der Waals surface area (Å²) >= 11 is 6.68. The molecule has 6 heteroatoms. The monoisotopic (exact) mass is 371 g/mol. The van der Waals surface area contributed by atoms with Crippen LogP contribution < -0.4 is 5.32 Å². The molecule has 0 radical (unpaired) electrons. The number of nitrogens with one attached hydrogen (secondary N) is 1. The Morgan fingerprint density at radius 2 is 2.11 bits per heavy atom. The zero-order valence-corrected chi connectivity index (χ0v) is 12.8. The van der Waals surface area contributed by atoms with Crippen LogP contribution in [0.3, 0.4) is 0 Å². The van der Waals surface area contributed by atoms with Gasteiger partial charge in [-0.05, 0) is 50.9 Å². The highest BCUT2D eigenvalue weighted by molar-refractivity contribution is 9.10. The number of aryl methyl sites for hydroxylation is 1. The highest BCUT2D eigenvalue weighted by Crippen LogP contribution is 2.18. The molecule has 0 aliphatic rings. The number of rotatable bonds is 3. The molecule has 0 aliphatic heterocycles. The van der Waals surface area contributed by atoms with Crippen LogP contribution in [0.5, 0.6) is 0 Å². The van der Waals surface area contributed by atoms with Crippen LogP contribution >= 0.6 is 31.9 Å². The summed E-state index contributed by atoms with van der Waals surface area (Å²) in [6, 6.07) is 3.60. The number of carbonyl (C=O) groups excluding carboxylic acids is 1. The molecule has 0 saturated carbocycles. The van der Waals surface area contributed by atoms with E-state index in [0.717, 1.165) is 15.5 Å². The predicted octanol–water partition coefficient (Wildman–Crippen LogP) is 3.68. The molecule has 0 unspecified atom stereocenters. The number of carbonyl (C=O) groups is 1. The van der Waals surface area contributed by atoms with Gasteiger partial charge in [0.05, 0.1) is 11.9 Å². The minimum absolute atomic E-state index is 0.151. The van der Waals surface area contributed by atoms with Gasteiger partial charge in [0.1, 0.15) is 5.69 Å². The molecule has 0 saturated heterocycles. The standard InChI is InChI=1S/C12H11Br2N3O/c1-2-17-7-9(14)4-11(17)12(18)16-10-3-8(13)5-15-6-10/h3-7H,2H2,1H3,(H,16,18). The number of pyridine rings is 1. The first-order valence-electron chi connectivity index (χ1n) is 5.37. The Hall–Kier alpha value is -1.14. The van der Waals surface area contributed by atoms with E-state index in [0.29, 0.717) is 11.4 Å². The third-order valence-electron chi connectivity index (χ3n) is 2.40. The zero-order chi connectivity index (χ0) is 13.1. The average Bonchev–Trinajstić information content (AvgIpc) is 2.70. The first-order valence-corrected chi connectivity index (χ1v) is 6.96. The molecule has 2 rings (SSSR count). The molecule has 1 N–H and O–H groups in total. The highest BCUT2D eigenvalue weighted by atomic mass is 79.9. The average molecular weight is 373 g/mol. The Morgan fingerprint density at radius 1 is 1.33 bits per heavy atom. The van der Waals surface area contributed by atoms with Gasteiger partial charge in [0, 0.05) is 27.9 Å². The Kier molecular flexibility index (Phi) is 4.19. The van der Waals surface area contributed by atoms with Crippen molar-refractivity contribution in [2.75, 3.05) is 5.32 Å². The van der Waals surface area contributed by atoms with E-state index in [1.807, 2.05) is 17.7 Å². The first-order chi connectivity index (χ1) is 8.60. The summed E-state index contributed by atoms with van der Waals surface area (Å²) < 4.78 is 3.60. The number of aromatic nitrogens is 2. The molecule has 0 atom stereocenters. The van der Waals surface area contributed by atoms with E-state index in [-0.39, 0.29) is 5.91 Å². The SMILES string of the molecule is CCn1cc(Br)cc1C(=O)Nc1cncc(Br)c1. The number of hydrogen-bond donors (Lipinski definition) is 1. The number of amides is 1. The maximum atomic E-state index is 12.1. The second-order valence-corrected chi connectivity index (χ2v) is 5.51. The van der Waals surface area contributed by atoms with Crippen molar-refractivity contribution in [1.82, 2.24) is 9.55 Å². The lowest BCUT2D eigenvalue weighted by Gasteiger charge is -2.07. The van der Waals surface area contributed by atoms with Gasteiger partial charge in [-0.2, -0.15) is 0 Å². The van der Waals surface area contributed by atoms with Crippen LogP contribution in [0.4, 0.5) is 5.69 Å². The van der Waals surface area contributed by atoms with E-state index in [1.54, 1.807) is 24.5 Å². The molecule has 0 aromatic carbocycles.